The van der Waals surface area contributed by atoms with E-state index in [2.05, 4.69) is 19.6 Å². The van der Waals surface area contributed by atoms with Crippen LogP contribution in [0.25, 0.3) is 0 Å². The highest BCUT2D eigenvalue weighted by atomic mass is 35.5. The van der Waals surface area contributed by atoms with Crippen molar-refractivity contribution in [1.82, 2.24) is 0 Å². The maximum absolute atomic E-state index is 5.48. The van der Waals surface area contributed by atoms with Crippen LogP contribution in [-0.4, -0.2) is 5.88 Å². The molecule has 0 aliphatic carbocycles. The van der Waals surface area contributed by atoms with Gasteiger partial charge in [0.15, 0.2) is 0 Å². The van der Waals surface area contributed by atoms with Crippen molar-refractivity contribution in [3.05, 3.63) is 23.8 Å². The van der Waals surface area contributed by atoms with Gasteiger partial charge in [0.1, 0.15) is 0 Å². The summed E-state index contributed by atoms with van der Waals surface area (Å²) >= 11 is 5.48. The average Bonchev–Trinajstić information content (AvgIpc) is 1.82. The summed E-state index contributed by atoms with van der Waals surface area (Å²) in [4.78, 5) is 0. The molecule has 9 heavy (non-hydrogen) atoms. The molecule has 0 amide bonds. The summed E-state index contributed by atoms with van der Waals surface area (Å²) in [6, 6.07) is 0. The molecular weight excluding hydrogens is 132 g/mol. The van der Waals surface area contributed by atoms with Crippen molar-refractivity contribution in [1.29, 1.82) is 0 Å². The minimum atomic E-state index is 0.699. The van der Waals surface area contributed by atoms with Gasteiger partial charge in [0.05, 0.1) is 0 Å². The summed E-state index contributed by atoms with van der Waals surface area (Å²) < 4.78 is 0. The third-order valence-corrected chi connectivity index (χ3v) is 1.45. The van der Waals surface area contributed by atoms with Crippen molar-refractivity contribution in [3.8, 4) is 0 Å². The van der Waals surface area contributed by atoms with E-state index in [9.17, 15) is 0 Å². The molecule has 0 radical (unpaired) electrons. The third-order valence-electron chi connectivity index (χ3n) is 1.23. The number of rotatable bonds is 3. The van der Waals surface area contributed by atoms with Crippen LogP contribution < -0.4 is 0 Å². The van der Waals surface area contributed by atoms with Gasteiger partial charge in [-0.25, -0.2) is 0 Å². The molecule has 0 aromatic heterocycles. The first-order valence-electron chi connectivity index (χ1n) is 3.07. The highest BCUT2D eigenvalue weighted by Gasteiger charge is 1.86. The van der Waals surface area contributed by atoms with Gasteiger partial charge >= 0.3 is 0 Å². The molecule has 1 heteroatoms. The van der Waals surface area contributed by atoms with E-state index < -0.39 is 0 Å². The zero-order chi connectivity index (χ0) is 7.28. The predicted molar refractivity (Wildman–Crippen MR) is 43.9 cm³/mol. The fraction of sp³-hybridized carbons (Fsp3) is 0.500. The maximum Gasteiger partial charge on any atom is 0.0258 e. The Morgan fingerprint density at radius 1 is 1.56 bits per heavy atom. The number of halogens is 1. The molecule has 0 N–H and O–H groups in total. The molecule has 0 aliphatic heterocycles. The minimum Gasteiger partial charge on any atom is -0.126 e. The van der Waals surface area contributed by atoms with Crippen molar-refractivity contribution in [2.45, 2.75) is 20.3 Å². The van der Waals surface area contributed by atoms with E-state index in [1.165, 1.54) is 5.57 Å². The molecule has 0 aromatic rings. The Bertz CT molecular complexity index is 123. The van der Waals surface area contributed by atoms with Gasteiger partial charge in [-0.2, -0.15) is 0 Å². The largest absolute Gasteiger partial charge is 0.126 e. The monoisotopic (exact) mass is 144 g/mol. The lowest BCUT2D eigenvalue weighted by atomic mass is 10.1. The Balaban J connectivity index is 3.69. The van der Waals surface area contributed by atoms with Gasteiger partial charge in [-0.3, -0.25) is 0 Å². The second-order valence-electron chi connectivity index (χ2n) is 2.15. The van der Waals surface area contributed by atoms with Crippen molar-refractivity contribution in [2.75, 3.05) is 5.88 Å². The standard InChI is InChI=1S/C8H13Cl/c1-7(2)8(3)5-4-6-9/h5H,1,4,6H2,2-3H3. The van der Waals surface area contributed by atoms with Gasteiger partial charge in [0.2, 0.25) is 0 Å². The molecule has 0 saturated carbocycles. The molecule has 0 aromatic carbocycles. The SMILES string of the molecule is C=C(C)C(C)=CCCCl. The summed E-state index contributed by atoms with van der Waals surface area (Å²) in [5.41, 5.74) is 2.37. The van der Waals surface area contributed by atoms with E-state index in [1.54, 1.807) is 0 Å². The second-order valence-corrected chi connectivity index (χ2v) is 2.52. The number of hydrogen-bond donors (Lipinski definition) is 0. The molecule has 52 valence electrons. The van der Waals surface area contributed by atoms with E-state index in [-0.39, 0.29) is 0 Å². The zero-order valence-corrected chi connectivity index (χ0v) is 6.83. The summed E-state index contributed by atoms with van der Waals surface area (Å²) in [5.74, 6) is 0.699. The summed E-state index contributed by atoms with van der Waals surface area (Å²) in [7, 11) is 0. The molecule has 0 aliphatic rings. The Kier molecular flexibility index (Phi) is 4.51. The van der Waals surface area contributed by atoms with Gasteiger partial charge in [-0.05, 0) is 20.3 Å². The lowest BCUT2D eigenvalue weighted by Crippen LogP contribution is -1.77. The molecule has 0 bridgehead atoms. The molecule has 0 rings (SSSR count). The second kappa shape index (κ2) is 4.63. The van der Waals surface area contributed by atoms with Gasteiger partial charge < -0.3 is 0 Å². The van der Waals surface area contributed by atoms with Crippen LogP contribution >= 0.6 is 11.6 Å². The number of alkyl halides is 1. The first kappa shape index (κ1) is 8.77. The first-order chi connectivity index (χ1) is 4.18. The minimum absolute atomic E-state index is 0.699. The van der Waals surface area contributed by atoms with Crippen LogP contribution in [0.4, 0.5) is 0 Å². The van der Waals surface area contributed by atoms with Crippen molar-refractivity contribution in [3.63, 3.8) is 0 Å². The first-order valence-corrected chi connectivity index (χ1v) is 3.60. The van der Waals surface area contributed by atoms with E-state index in [1.807, 2.05) is 6.92 Å². The number of allylic oxidation sites excluding steroid dienone is 3. The maximum atomic E-state index is 5.48. The molecule has 0 heterocycles. The van der Waals surface area contributed by atoms with Crippen LogP contribution in [0.15, 0.2) is 23.8 Å². The molecule has 0 atom stereocenters. The van der Waals surface area contributed by atoms with Gasteiger partial charge in [-0.15, -0.1) is 11.6 Å². The van der Waals surface area contributed by atoms with Crippen LogP contribution in [0.1, 0.15) is 20.3 Å². The van der Waals surface area contributed by atoms with Gasteiger partial charge in [0, 0.05) is 5.88 Å². The molecule has 0 nitrogen and oxygen atoms in total. The lowest BCUT2D eigenvalue weighted by molar-refractivity contribution is 1.19. The van der Waals surface area contributed by atoms with Gasteiger partial charge in [-0.1, -0.05) is 23.8 Å². The quantitative estimate of drug-likeness (QED) is 0.422. The normalized spacial score (nSPS) is 11.7. The van der Waals surface area contributed by atoms with Gasteiger partial charge in [0.25, 0.3) is 0 Å². The summed E-state index contributed by atoms with van der Waals surface area (Å²) in [6.45, 7) is 7.85. The molecule has 0 fully saturated rings. The van der Waals surface area contributed by atoms with Crippen LogP contribution in [0, 0.1) is 0 Å². The zero-order valence-electron chi connectivity index (χ0n) is 6.08. The van der Waals surface area contributed by atoms with E-state index in [0.29, 0.717) is 5.88 Å². The topological polar surface area (TPSA) is 0 Å². The molecular formula is C8H13Cl. The van der Waals surface area contributed by atoms with E-state index in [4.69, 9.17) is 11.6 Å². The van der Waals surface area contributed by atoms with Crippen LogP contribution in [0.2, 0.25) is 0 Å². The summed E-state index contributed by atoms with van der Waals surface area (Å²) in [6.07, 6.45) is 3.05. The molecule has 0 unspecified atom stereocenters. The fourth-order valence-corrected chi connectivity index (χ4v) is 0.554. The number of hydrogen-bond acceptors (Lipinski definition) is 0. The smallest absolute Gasteiger partial charge is 0.0258 e. The van der Waals surface area contributed by atoms with Crippen LogP contribution in [0.3, 0.4) is 0 Å². The molecule has 0 saturated heterocycles. The van der Waals surface area contributed by atoms with Crippen molar-refractivity contribution in [2.24, 2.45) is 0 Å². The Hall–Kier alpha value is -0.230. The van der Waals surface area contributed by atoms with Crippen LogP contribution in [0.5, 0.6) is 0 Å². The average molecular weight is 145 g/mol. The third kappa shape index (κ3) is 4.28. The Morgan fingerprint density at radius 3 is 2.44 bits per heavy atom. The predicted octanol–water partition coefficient (Wildman–Crippen LogP) is 3.14. The Morgan fingerprint density at radius 2 is 2.11 bits per heavy atom. The Labute approximate surface area is 62.2 Å². The van der Waals surface area contributed by atoms with Crippen molar-refractivity contribution >= 4 is 11.6 Å². The molecule has 0 spiro atoms. The highest BCUT2D eigenvalue weighted by Crippen LogP contribution is 2.05. The van der Waals surface area contributed by atoms with Crippen molar-refractivity contribution < 1.29 is 0 Å². The highest BCUT2D eigenvalue weighted by molar-refractivity contribution is 6.17. The van der Waals surface area contributed by atoms with Crippen LogP contribution in [-0.2, 0) is 0 Å². The fourth-order valence-electron chi connectivity index (χ4n) is 0.445. The van der Waals surface area contributed by atoms with E-state index >= 15 is 0 Å². The lowest BCUT2D eigenvalue weighted by Gasteiger charge is -1.95. The van der Waals surface area contributed by atoms with E-state index in [0.717, 1.165) is 12.0 Å². The summed E-state index contributed by atoms with van der Waals surface area (Å²) in [5, 5.41) is 0.